The summed E-state index contributed by atoms with van der Waals surface area (Å²) in [6.45, 7) is 2.55. The summed E-state index contributed by atoms with van der Waals surface area (Å²) in [7, 11) is 4.43. The Balaban J connectivity index is 1.54. The number of fused-ring (bicyclic) bond motifs is 6. The molecule has 210 valence electrons. The SMILES string of the molecule is COc1c2c(c(O)c3c4c(c(C)cc13)C1C3OC(O)(C(OC)OC)C1[C@]1(CO1)[C@]3(OCCN)O4)C(=O)CCC2. The third-order valence-electron chi connectivity index (χ3n) is 9.29. The lowest BCUT2D eigenvalue weighted by molar-refractivity contribution is -0.398. The van der Waals surface area contributed by atoms with E-state index in [1.54, 1.807) is 7.11 Å². The molecule has 4 bridgehead atoms. The maximum Gasteiger partial charge on any atom is 0.269 e. The van der Waals surface area contributed by atoms with E-state index in [4.69, 9.17) is 38.9 Å². The van der Waals surface area contributed by atoms with E-state index in [9.17, 15) is 15.0 Å². The van der Waals surface area contributed by atoms with Crippen molar-refractivity contribution in [3.8, 4) is 17.2 Å². The van der Waals surface area contributed by atoms with E-state index in [1.165, 1.54) is 14.2 Å². The van der Waals surface area contributed by atoms with Gasteiger partial charge >= 0.3 is 0 Å². The van der Waals surface area contributed by atoms with Crippen molar-refractivity contribution in [2.45, 2.75) is 61.7 Å². The predicted octanol–water partition coefficient (Wildman–Crippen LogP) is 1.63. The van der Waals surface area contributed by atoms with Gasteiger partial charge in [0.15, 0.2) is 11.4 Å². The number of ketones is 1. The molecule has 39 heavy (non-hydrogen) atoms. The Hall–Kier alpha value is -2.51. The number of phenolic OH excluding ortho intramolecular Hbond substituents is 1. The molecule has 4 unspecified atom stereocenters. The summed E-state index contributed by atoms with van der Waals surface area (Å²) < 4.78 is 42.5. The van der Waals surface area contributed by atoms with Crippen molar-refractivity contribution >= 4 is 16.6 Å². The van der Waals surface area contributed by atoms with Crippen LogP contribution in [0.1, 0.15) is 45.8 Å². The molecule has 3 fully saturated rings. The quantitative estimate of drug-likeness (QED) is 0.345. The minimum absolute atomic E-state index is 0.140. The predicted molar refractivity (Wildman–Crippen MR) is 135 cm³/mol. The minimum atomic E-state index is -1.87. The topological polar surface area (TPSA) is 151 Å². The zero-order chi connectivity index (χ0) is 27.5. The van der Waals surface area contributed by atoms with Crippen LogP contribution in [-0.2, 0) is 30.1 Å². The van der Waals surface area contributed by atoms with Gasteiger partial charge in [0.25, 0.3) is 5.79 Å². The number of carbonyl (C=O) groups is 1. The number of aryl methyl sites for hydroxylation is 1. The summed E-state index contributed by atoms with van der Waals surface area (Å²) in [6.07, 6.45) is -0.252. The van der Waals surface area contributed by atoms with Crippen LogP contribution in [0, 0.1) is 12.8 Å². The van der Waals surface area contributed by atoms with Crippen LogP contribution in [0.5, 0.6) is 17.2 Å². The van der Waals surface area contributed by atoms with E-state index >= 15 is 0 Å². The molecule has 11 nitrogen and oxygen atoms in total. The number of ether oxygens (including phenoxy) is 7. The normalized spacial score (nSPS) is 35.5. The number of rotatable bonds is 7. The van der Waals surface area contributed by atoms with Crippen LogP contribution in [0.3, 0.4) is 0 Å². The maximum atomic E-state index is 13.1. The monoisotopic (exact) mass is 543 g/mol. The molecule has 2 aromatic carbocycles. The second kappa shape index (κ2) is 8.26. The summed E-state index contributed by atoms with van der Waals surface area (Å²) in [5.74, 6) is -3.88. The van der Waals surface area contributed by atoms with Crippen molar-refractivity contribution in [3.05, 3.63) is 28.3 Å². The van der Waals surface area contributed by atoms with E-state index < -0.39 is 41.4 Å². The molecule has 3 aliphatic heterocycles. The van der Waals surface area contributed by atoms with Crippen LogP contribution in [0.15, 0.2) is 6.07 Å². The second-order valence-corrected chi connectivity index (χ2v) is 11.1. The molecule has 7 rings (SSSR count). The number of aliphatic hydroxyl groups is 1. The zero-order valence-electron chi connectivity index (χ0n) is 22.4. The number of hydrogen-bond acceptors (Lipinski definition) is 11. The van der Waals surface area contributed by atoms with Gasteiger partial charge in [0, 0.05) is 49.6 Å². The molecule has 4 N–H and O–H groups in total. The Bertz CT molecular complexity index is 1400. The number of benzene rings is 2. The van der Waals surface area contributed by atoms with Crippen LogP contribution < -0.4 is 15.2 Å². The summed E-state index contributed by atoms with van der Waals surface area (Å²) >= 11 is 0. The third-order valence-corrected chi connectivity index (χ3v) is 9.29. The van der Waals surface area contributed by atoms with Gasteiger partial charge in [-0.3, -0.25) is 4.79 Å². The molecule has 5 aliphatic rings. The molecule has 2 aliphatic carbocycles. The first kappa shape index (κ1) is 25.5. The van der Waals surface area contributed by atoms with Crippen molar-refractivity contribution < 1.29 is 48.2 Å². The summed E-state index contributed by atoms with van der Waals surface area (Å²) in [6, 6.07) is 1.94. The fraction of sp³-hybridized carbons (Fsp3) is 0.607. The standard InChI is InChI=1S/C28H33NO10/c1-12-10-14-18(20(31)17-13(21(14)33-2)6-5-7-15(17)30)22-16(12)19-23-26(11-37-26)28(38-22,36-9-8-29)24(19)39-27(23,32)25(34-3)35-4/h10,19,23-25,31-32H,5-9,11,29H2,1-4H3/t19?,23?,24?,26-,27?,28-/m1/s1. The van der Waals surface area contributed by atoms with Crippen molar-refractivity contribution in [1.29, 1.82) is 0 Å². The molecule has 0 amide bonds. The highest BCUT2D eigenvalue weighted by Gasteiger charge is 2.91. The Morgan fingerprint density at radius 2 is 1.97 bits per heavy atom. The molecule has 0 radical (unpaired) electrons. The van der Waals surface area contributed by atoms with Gasteiger partial charge in [-0.2, -0.15) is 0 Å². The lowest BCUT2D eigenvalue weighted by atomic mass is 9.77. The minimum Gasteiger partial charge on any atom is -0.506 e. The van der Waals surface area contributed by atoms with Crippen LogP contribution in [-0.4, -0.2) is 86.7 Å². The first-order valence-corrected chi connectivity index (χ1v) is 13.3. The molecule has 1 spiro atoms. The van der Waals surface area contributed by atoms with Crippen LogP contribution in [0.25, 0.3) is 10.8 Å². The molecule has 3 heterocycles. The molecule has 2 saturated heterocycles. The van der Waals surface area contributed by atoms with Gasteiger partial charge < -0.3 is 49.1 Å². The van der Waals surface area contributed by atoms with Crippen LogP contribution in [0.2, 0.25) is 0 Å². The summed E-state index contributed by atoms with van der Waals surface area (Å²) in [4.78, 5) is 13.1. The van der Waals surface area contributed by atoms with Crippen molar-refractivity contribution in [3.63, 3.8) is 0 Å². The van der Waals surface area contributed by atoms with Gasteiger partial charge in [0.2, 0.25) is 12.1 Å². The smallest absolute Gasteiger partial charge is 0.269 e. The molecule has 2 aromatic rings. The molecule has 6 atom stereocenters. The summed E-state index contributed by atoms with van der Waals surface area (Å²) in [5, 5.41) is 24.6. The Kier molecular flexibility index (Phi) is 5.39. The van der Waals surface area contributed by atoms with E-state index in [2.05, 4.69) is 0 Å². The maximum absolute atomic E-state index is 13.1. The Morgan fingerprint density at radius 3 is 2.62 bits per heavy atom. The first-order valence-electron chi connectivity index (χ1n) is 13.3. The first-order chi connectivity index (χ1) is 18.7. The zero-order valence-corrected chi connectivity index (χ0v) is 22.4. The van der Waals surface area contributed by atoms with Crippen molar-refractivity contribution in [2.24, 2.45) is 11.7 Å². The van der Waals surface area contributed by atoms with Crippen LogP contribution in [0.4, 0.5) is 0 Å². The third kappa shape index (κ3) is 2.84. The van der Waals surface area contributed by atoms with E-state index in [-0.39, 0.29) is 36.9 Å². The highest BCUT2D eigenvalue weighted by molar-refractivity contribution is 6.11. The van der Waals surface area contributed by atoms with E-state index in [0.29, 0.717) is 47.1 Å². The fourth-order valence-corrected chi connectivity index (χ4v) is 7.93. The van der Waals surface area contributed by atoms with Crippen molar-refractivity contribution in [1.82, 2.24) is 0 Å². The van der Waals surface area contributed by atoms with E-state index in [0.717, 1.165) is 11.1 Å². The second-order valence-electron chi connectivity index (χ2n) is 11.1. The number of hydrogen-bond donors (Lipinski definition) is 3. The fourth-order valence-electron chi connectivity index (χ4n) is 7.93. The average molecular weight is 544 g/mol. The number of phenols is 1. The molecular formula is C28H33NO10. The van der Waals surface area contributed by atoms with Gasteiger partial charge in [-0.25, -0.2) is 0 Å². The lowest BCUT2D eigenvalue weighted by Gasteiger charge is -2.48. The highest BCUT2D eigenvalue weighted by atomic mass is 16.8. The van der Waals surface area contributed by atoms with Gasteiger partial charge in [-0.15, -0.1) is 0 Å². The van der Waals surface area contributed by atoms with Gasteiger partial charge in [0.1, 0.15) is 23.4 Å². The molecule has 11 heteroatoms. The van der Waals surface area contributed by atoms with Gasteiger partial charge in [0.05, 0.1) is 37.2 Å². The number of aromatic hydroxyl groups is 1. The summed E-state index contributed by atoms with van der Waals surface area (Å²) in [5.41, 5.74) is 7.31. The molecule has 1 saturated carbocycles. The molecule has 0 aromatic heterocycles. The number of nitrogens with two attached hydrogens (primary N) is 1. The number of carbonyl (C=O) groups excluding carboxylic acids is 1. The van der Waals surface area contributed by atoms with E-state index in [1.807, 2.05) is 13.0 Å². The van der Waals surface area contributed by atoms with Gasteiger partial charge in [-0.05, 0) is 31.4 Å². The highest BCUT2D eigenvalue weighted by Crippen LogP contribution is 2.74. The number of Topliss-reactive ketones (excluding diaryl/α,β-unsaturated/α-hetero) is 1. The number of epoxide rings is 1. The Morgan fingerprint density at radius 1 is 1.23 bits per heavy atom. The largest absolute Gasteiger partial charge is 0.506 e. The Labute approximate surface area is 225 Å². The average Bonchev–Trinajstić information content (AvgIpc) is 3.61. The lowest BCUT2D eigenvalue weighted by Crippen LogP contribution is -2.68. The van der Waals surface area contributed by atoms with Crippen molar-refractivity contribution in [2.75, 3.05) is 41.1 Å². The number of methoxy groups -OCH3 is 3. The van der Waals surface area contributed by atoms with Gasteiger partial charge in [-0.1, -0.05) is 0 Å². The van der Waals surface area contributed by atoms with Crippen LogP contribution >= 0.6 is 0 Å². The molecular weight excluding hydrogens is 510 g/mol.